The molecule has 0 bridgehead atoms. The van der Waals surface area contributed by atoms with Gasteiger partial charge >= 0.3 is 0 Å². The largest absolute Gasteiger partial charge is 0.209 e. The topological polar surface area (TPSA) is 0 Å². The van der Waals surface area contributed by atoms with E-state index >= 15 is 0 Å². The molecule has 0 amide bonds. The fourth-order valence-electron chi connectivity index (χ4n) is 2.83. The lowest BCUT2D eigenvalue weighted by Gasteiger charge is -2.06. The third kappa shape index (κ3) is 6.19. The zero-order valence-electron chi connectivity index (χ0n) is 15.3. The summed E-state index contributed by atoms with van der Waals surface area (Å²) < 4.78 is 67.4. The van der Waals surface area contributed by atoms with Gasteiger partial charge in [0.1, 0.15) is 5.83 Å². The van der Waals surface area contributed by atoms with Gasteiger partial charge in [0.2, 0.25) is 0 Å². The highest BCUT2D eigenvalue weighted by Gasteiger charge is 2.11. The Bertz CT molecular complexity index is 755. The van der Waals surface area contributed by atoms with E-state index in [0.29, 0.717) is 24.8 Å². The van der Waals surface area contributed by atoms with E-state index in [-0.39, 0.29) is 12.0 Å². The Morgan fingerprint density at radius 1 is 0.778 bits per heavy atom. The second-order valence-corrected chi connectivity index (χ2v) is 6.60. The van der Waals surface area contributed by atoms with E-state index in [4.69, 9.17) is 0 Å². The van der Waals surface area contributed by atoms with Gasteiger partial charge in [-0.15, -0.1) is 0 Å². The van der Waals surface area contributed by atoms with E-state index in [9.17, 15) is 22.0 Å². The van der Waals surface area contributed by atoms with Crippen molar-refractivity contribution in [3.05, 3.63) is 76.4 Å². The monoisotopic (exact) mass is 382 g/mol. The lowest BCUT2D eigenvalue weighted by atomic mass is 10.0. The summed E-state index contributed by atoms with van der Waals surface area (Å²) in [6.45, 7) is 2.05. The first-order valence-electron chi connectivity index (χ1n) is 9.19. The van der Waals surface area contributed by atoms with Gasteiger partial charge in [0.25, 0.3) is 0 Å². The average molecular weight is 382 g/mol. The molecule has 27 heavy (non-hydrogen) atoms. The van der Waals surface area contributed by atoms with Crippen LogP contribution in [0.1, 0.15) is 55.7 Å². The maximum absolute atomic E-state index is 14.1. The number of rotatable bonds is 9. The van der Waals surface area contributed by atoms with Gasteiger partial charge < -0.3 is 0 Å². The number of hydrogen-bond donors (Lipinski definition) is 0. The third-order valence-corrected chi connectivity index (χ3v) is 4.44. The summed E-state index contributed by atoms with van der Waals surface area (Å²) in [6, 6.07) is 8.20. The van der Waals surface area contributed by atoms with Crippen LogP contribution in [0.25, 0.3) is 5.83 Å². The summed E-state index contributed by atoms with van der Waals surface area (Å²) >= 11 is 0. The standard InChI is InChI=1S/C22H23F5/c1-2-3-4-5-6-18(23)21(26)17-11-9-15(10-12-17)7-8-16-13-19(24)22(27)20(25)14-16/h9-14H,2-8H2,1H3/b21-18-. The van der Waals surface area contributed by atoms with Gasteiger partial charge in [-0.25, -0.2) is 22.0 Å². The molecule has 0 aliphatic heterocycles. The predicted octanol–water partition coefficient (Wildman–Crippen LogP) is 7.47. The minimum Gasteiger partial charge on any atom is -0.209 e. The van der Waals surface area contributed by atoms with Crippen molar-refractivity contribution in [1.82, 2.24) is 0 Å². The number of hydrogen-bond acceptors (Lipinski definition) is 0. The van der Waals surface area contributed by atoms with Gasteiger partial charge in [-0.1, -0.05) is 50.5 Å². The van der Waals surface area contributed by atoms with Gasteiger partial charge in [-0.2, -0.15) is 0 Å². The van der Waals surface area contributed by atoms with Crippen molar-refractivity contribution in [2.75, 3.05) is 0 Å². The molecule has 0 heterocycles. The maximum atomic E-state index is 14.1. The quantitative estimate of drug-likeness (QED) is 0.240. The summed E-state index contributed by atoms with van der Waals surface area (Å²) in [4.78, 5) is 0. The van der Waals surface area contributed by atoms with Gasteiger partial charge in [0, 0.05) is 12.0 Å². The summed E-state index contributed by atoms with van der Waals surface area (Å²) in [7, 11) is 0. The first kappa shape index (κ1) is 21.1. The summed E-state index contributed by atoms with van der Waals surface area (Å²) in [5.74, 6) is -5.51. The lowest BCUT2D eigenvalue weighted by Crippen LogP contribution is -1.97. The maximum Gasteiger partial charge on any atom is 0.194 e. The first-order valence-corrected chi connectivity index (χ1v) is 9.19. The van der Waals surface area contributed by atoms with E-state index in [0.717, 1.165) is 37.0 Å². The highest BCUT2D eigenvalue weighted by Crippen LogP contribution is 2.26. The van der Waals surface area contributed by atoms with Gasteiger partial charge in [0.05, 0.1) is 0 Å². The van der Waals surface area contributed by atoms with Crippen molar-refractivity contribution in [2.45, 2.75) is 51.9 Å². The first-order chi connectivity index (χ1) is 12.9. The highest BCUT2D eigenvalue weighted by atomic mass is 19.2. The zero-order valence-corrected chi connectivity index (χ0v) is 15.3. The SMILES string of the molecule is CCCCCC/C(F)=C(/F)c1ccc(CCc2cc(F)c(F)c(F)c2)cc1. The smallest absolute Gasteiger partial charge is 0.194 e. The molecule has 0 radical (unpaired) electrons. The van der Waals surface area contributed by atoms with E-state index in [1.165, 1.54) is 12.1 Å². The Morgan fingerprint density at radius 2 is 1.37 bits per heavy atom. The molecule has 0 aliphatic carbocycles. The normalized spacial score (nSPS) is 12.2. The van der Waals surface area contributed by atoms with E-state index < -0.39 is 29.1 Å². The Labute approximate surface area is 156 Å². The van der Waals surface area contributed by atoms with Crippen LogP contribution >= 0.6 is 0 Å². The van der Waals surface area contributed by atoms with Gasteiger partial charge in [0.15, 0.2) is 23.3 Å². The number of unbranched alkanes of at least 4 members (excludes halogenated alkanes) is 3. The van der Waals surface area contributed by atoms with Crippen molar-refractivity contribution < 1.29 is 22.0 Å². The molecule has 0 spiro atoms. The number of aryl methyl sites for hydroxylation is 2. The molecule has 2 aromatic carbocycles. The summed E-state index contributed by atoms with van der Waals surface area (Å²) in [5.41, 5.74) is 1.31. The lowest BCUT2D eigenvalue weighted by molar-refractivity contribution is 0.445. The Balaban J connectivity index is 1.96. The van der Waals surface area contributed by atoms with Crippen LogP contribution in [0, 0.1) is 17.5 Å². The van der Waals surface area contributed by atoms with Crippen LogP contribution in [-0.4, -0.2) is 0 Å². The van der Waals surface area contributed by atoms with Crippen LogP contribution in [0.5, 0.6) is 0 Å². The molecule has 0 N–H and O–H groups in total. The summed E-state index contributed by atoms with van der Waals surface area (Å²) in [6.07, 6.45) is 4.37. The van der Waals surface area contributed by atoms with E-state index in [2.05, 4.69) is 6.92 Å². The second-order valence-electron chi connectivity index (χ2n) is 6.60. The summed E-state index contributed by atoms with van der Waals surface area (Å²) in [5, 5.41) is 0. The Kier molecular flexibility index (Phi) is 8.01. The van der Waals surface area contributed by atoms with Crippen LogP contribution in [0.2, 0.25) is 0 Å². The molecule has 0 aromatic heterocycles. The molecule has 0 saturated carbocycles. The van der Waals surface area contributed by atoms with Crippen LogP contribution in [0.4, 0.5) is 22.0 Å². The van der Waals surface area contributed by atoms with E-state index in [1.54, 1.807) is 12.1 Å². The van der Waals surface area contributed by atoms with Gasteiger partial charge in [-0.3, -0.25) is 0 Å². The number of benzene rings is 2. The van der Waals surface area contributed by atoms with Crippen LogP contribution < -0.4 is 0 Å². The predicted molar refractivity (Wildman–Crippen MR) is 98.1 cm³/mol. The van der Waals surface area contributed by atoms with E-state index in [1.807, 2.05) is 0 Å². The molecule has 0 saturated heterocycles. The van der Waals surface area contributed by atoms with Crippen molar-refractivity contribution in [3.63, 3.8) is 0 Å². The minimum atomic E-state index is -1.48. The molecular formula is C22H23F5. The fourth-order valence-corrected chi connectivity index (χ4v) is 2.83. The molecule has 0 aliphatic rings. The third-order valence-electron chi connectivity index (χ3n) is 4.44. The molecule has 2 aromatic rings. The van der Waals surface area contributed by atoms with Gasteiger partial charge in [-0.05, 0) is 42.5 Å². The molecule has 5 heteroatoms. The molecule has 0 unspecified atom stereocenters. The zero-order chi connectivity index (χ0) is 19.8. The molecule has 0 atom stereocenters. The number of halogens is 5. The van der Waals surface area contributed by atoms with Crippen LogP contribution in [-0.2, 0) is 12.8 Å². The highest BCUT2D eigenvalue weighted by molar-refractivity contribution is 5.61. The van der Waals surface area contributed by atoms with Crippen molar-refractivity contribution in [2.24, 2.45) is 0 Å². The van der Waals surface area contributed by atoms with Crippen LogP contribution in [0.15, 0.2) is 42.2 Å². The van der Waals surface area contributed by atoms with Crippen molar-refractivity contribution in [3.8, 4) is 0 Å². The average Bonchev–Trinajstić information content (AvgIpc) is 2.67. The minimum absolute atomic E-state index is 0.0925. The molecule has 2 rings (SSSR count). The number of allylic oxidation sites excluding steroid dienone is 1. The Hall–Kier alpha value is -2.17. The van der Waals surface area contributed by atoms with Crippen molar-refractivity contribution in [1.29, 1.82) is 0 Å². The fraction of sp³-hybridized carbons (Fsp3) is 0.364. The molecule has 0 nitrogen and oxygen atoms in total. The van der Waals surface area contributed by atoms with Crippen molar-refractivity contribution >= 4 is 5.83 Å². The molecular weight excluding hydrogens is 359 g/mol. The second kappa shape index (κ2) is 10.2. The molecule has 0 fully saturated rings. The molecule has 146 valence electrons. The Morgan fingerprint density at radius 3 is 1.96 bits per heavy atom. The van der Waals surface area contributed by atoms with Crippen LogP contribution in [0.3, 0.4) is 0 Å².